The van der Waals surface area contributed by atoms with Crippen molar-refractivity contribution in [2.75, 3.05) is 31.1 Å². The molecule has 3 rings (SSSR count). The summed E-state index contributed by atoms with van der Waals surface area (Å²) < 4.78 is 23.0. The van der Waals surface area contributed by atoms with Crippen LogP contribution in [0, 0.1) is 11.8 Å². The molecule has 5 nitrogen and oxygen atoms in total. The van der Waals surface area contributed by atoms with Gasteiger partial charge in [0.1, 0.15) is 0 Å². The zero-order chi connectivity index (χ0) is 14.2. The van der Waals surface area contributed by atoms with Gasteiger partial charge in [-0.15, -0.1) is 0 Å². The first kappa shape index (κ1) is 14.3. The molecule has 3 aliphatic rings. The maximum Gasteiger partial charge on any atom is 0.226 e. The molecule has 114 valence electrons. The van der Waals surface area contributed by atoms with Crippen LogP contribution in [0.5, 0.6) is 0 Å². The first-order chi connectivity index (χ1) is 9.55. The van der Waals surface area contributed by atoms with E-state index in [0.717, 1.165) is 26.1 Å². The molecule has 1 amide bonds. The Balaban J connectivity index is 1.60. The molecule has 0 radical (unpaired) electrons. The van der Waals surface area contributed by atoms with Crippen molar-refractivity contribution in [3.8, 4) is 0 Å². The lowest BCUT2D eigenvalue weighted by Gasteiger charge is -2.37. The van der Waals surface area contributed by atoms with Gasteiger partial charge in [0.2, 0.25) is 5.91 Å². The molecule has 0 aliphatic carbocycles. The molecule has 3 unspecified atom stereocenters. The van der Waals surface area contributed by atoms with Crippen molar-refractivity contribution in [2.45, 2.75) is 38.1 Å². The molecule has 3 heterocycles. The molecule has 0 aromatic rings. The molecule has 0 bridgehead atoms. The number of carbonyl (C=O) groups is 1. The van der Waals surface area contributed by atoms with Crippen LogP contribution in [0.4, 0.5) is 0 Å². The Bertz CT molecular complexity index is 471. The number of hydrogen-bond donors (Lipinski definition) is 1. The summed E-state index contributed by atoms with van der Waals surface area (Å²) >= 11 is 0. The van der Waals surface area contributed by atoms with Crippen LogP contribution in [-0.4, -0.2) is 56.4 Å². The normalized spacial score (nSPS) is 37.2. The van der Waals surface area contributed by atoms with E-state index in [1.807, 2.05) is 4.90 Å². The number of carbonyl (C=O) groups excluding carboxylic acids is 1. The SMILES string of the molecule is O=C(C1CCS(=O)(=O)C1)N1CCCC(C2CCCN2)C1. The minimum Gasteiger partial charge on any atom is -0.342 e. The Morgan fingerprint density at radius 2 is 2.00 bits per heavy atom. The van der Waals surface area contributed by atoms with Gasteiger partial charge in [-0.05, 0) is 44.6 Å². The zero-order valence-corrected chi connectivity index (χ0v) is 12.7. The highest BCUT2D eigenvalue weighted by Crippen LogP contribution is 2.27. The number of rotatable bonds is 2. The van der Waals surface area contributed by atoms with Crippen LogP contribution in [-0.2, 0) is 14.6 Å². The summed E-state index contributed by atoms with van der Waals surface area (Å²) in [5.74, 6) is 0.594. The van der Waals surface area contributed by atoms with E-state index in [2.05, 4.69) is 5.32 Å². The summed E-state index contributed by atoms with van der Waals surface area (Å²) in [6.07, 6.45) is 5.20. The molecule has 0 spiro atoms. The van der Waals surface area contributed by atoms with Crippen LogP contribution in [0.15, 0.2) is 0 Å². The van der Waals surface area contributed by atoms with Crippen molar-refractivity contribution >= 4 is 15.7 Å². The van der Waals surface area contributed by atoms with E-state index in [-0.39, 0.29) is 23.3 Å². The number of piperidine rings is 1. The van der Waals surface area contributed by atoms with Gasteiger partial charge < -0.3 is 10.2 Å². The summed E-state index contributed by atoms with van der Waals surface area (Å²) in [4.78, 5) is 14.4. The molecule has 0 saturated carbocycles. The lowest BCUT2D eigenvalue weighted by Crippen LogP contribution is -2.47. The Morgan fingerprint density at radius 1 is 1.15 bits per heavy atom. The summed E-state index contributed by atoms with van der Waals surface area (Å²) in [6, 6.07) is 0.554. The van der Waals surface area contributed by atoms with Gasteiger partial charge in [0.25, 0.3) is 0 Å². The number of hydrogen-bond acceptors (Lipinski definition) is 4. The Kier molecular flexibility index (Phi) is 4.04. The summed E-state index contributed by atoms with van der Waals surface area (Å²) in [6.45, 7) is 2.71. The van der Waals surface area contributed by atoms with Crippen LogP contribution in [0.2, 0.25) is 0 Å². The third-order valence-corrected chi connectivity index (χ3v) is 6.79. The molecule has 3 fully saturated rings. The van der Waals surface area contributed by atoms with Crippen molar-refractivity contribution in [1.29, 1.82) is 0 Å². The van der Waals surface area contributed by atoms with Gasteiger partial charge in [0.05, 0.1) is 17.4 Å². The third-order valence-electron chi connectivity index (χ3n) is 5.02. The molecule has 0 aromatic carbocycles. The Hall–Kier alpha value is -0.620. The van der Waals surface area contributed by atoms with Crippen molar-refractivity contribution in [3.63, 3.8) is 0 Å². The lowest BCUT2D eigenvalue weighted by atomic mass is 9.89. The average Bonchev–Trinajstić information content (AvgIpc) is 3.07. The van der Waals surface area contributed by atoms with E-state index < -0.39 is 9.84 Å². The summed E-state index contributed by atoms with van der Waals surface area (Å²) in [5.41, 5.74) is 0. The maximum atomic E-state index is 12.5. The monoisotopic (exact) mass is 300 g/mol. The molecule has 6 heteroatoms. The van der Waals surface area contributed by atoms with Gasteiger partial charge in [-0.3, -0.25) is 4.79 Å². The molecular weight excluding hydrogens is 276 g/mol. The van der Waals surface area contributed by atoms with Crippen molar-refractivity contribution in [3.05, 3.63) is 0 Å². The highest BCUT2D eigenvalue weighted by atomic mass is 32.2. The fourth-order valence-corrected chi connectivity index (χ4v) is 5.63. The number of nitrogens with one attached hydrogen (secondary N) is 1. The summed E-state index contributed by atoms with van der Waals surface area (Å²) in [5, 5.41) is 3.53. The van der Waals surface area contributed by atoms with E-state index in [0.29, 0.717) is 18.4 Å². The molecule has 0 aromatic heterocycles. The first-order valence-electron chi connectivity index (χ1n) is 7.78. The standard InChI is InChI=1S/C14H24N2O3S/c17-14(12-5-8-20(18,19)10-12)16-7-2-3-11(9-16)13-4-1-6-15-13/h11-13,15H,1-10H2. The maximum absolute atomic E-state index is 12.5. The van der Waals surface area contributed by atoms with Gasteiger partial charge in [0, 0.05) is 19.1 Å². The molecular formula is C14H24N2O3S. The van der Waals surface area contributed by atoms with Crippen LogP contribution in [0.25, 0.3) is 0 Å². The second-order valence-corrected chi connectivity index (χ2v) is 8.72. The number of nitrogens with zero attached hydrogens (tertiary/aromatic N) is 1. The van der Waals surface area contributed by atoms with Gasteiger partial charge in [-0.25, -0.2) is 8.42 Å². The van der Waals surface area contributed by atoms with Crippen molar-refractivity contribution in [2.24, 2.45) is 11.8 Å². The van der Waals surface area contributed by atoms with E-state index in [1.165, 1.54) is 19.3 Å². The molecule has 3 saturated heterocycles. The third kappa shape index (κ3) is 3.01. The Morgan fingerprint density at radius 3 is 2.65 bits per heavy atom. The molecule has 3 atom stereocenters. The smallest absolute Gasteiger partial charge is 0.226 e. The molecule has 20 heavy (non-hydrogen) atoms. The number of sulfone groups is 1. The fourth-order valence-electron chi connectivity index (χ4n) is 3.90. The zero-order valence-electron chi connectivity index (χ0n) is 11.9. The van der Waals surface area contributed by atoms with E-state index >= 15 is 0 Å². The average molecular weight is 300 g/mol. The second kappa shape index (κ2) is 5.64. The van der Waals surface area contributed by atoms with Crippen LogP contribution < -0.4 is 5.32 Å². The van der Waals surface area contributed by atoms with Crippen LogP contribution in [0.3, 0.4) is 0 Å². The van der Waals surface area contributed by atoms with Gasteiger partial charge in [0.15, 0.2) is 9.84 Å². The quantitative estimate of drug-likeness (QED) is 0.802. The second-order valence-electron chi connectivity index (χ2n) is 6.49. The fraction of sp³-hybridized carbons (Fsp3) is 0.929. The molecule has 3 aliphatic heterocycles. The highest BCUT2D eigenvalue weighted by Gasteiger charge is 2.38. The first-order valence-corrected chi connectivity index (χ1v) is 9.60. The topological polar surface area (TPSA) is 66.5 Å². The number of likely N-dealkylation sites (tertiary alicyclic amines) is 1. The molecule has 1 N–H and O–H groups in total. The largest absolute Gasteiger partial charge is 0.342 e. The highest BCUT2D eigenvalue weighted by molar-refractivity contribution is 7.91. The van der Waals surface area contributed by atoms with Gasteiger partial charge in [-0.2, -0.15) is 0 Å². The van der Waals surface area contributed by atoms with Gasteiger partial charge >= 0.3 is 0 Å². The number of amides is 1. The van der Waals surface area contributed by atoms with E-state index in [4.69, 9.17) is 0 Å². The van der Waals surface area contributed by atoms with Crippen LogP contribution >= 0.6 is 0 Å². The van der Waals surface area contributed by atoms with Gasteiger partial charge in [-0.1, -0.05) is 0 Å². The summed E-state index contributed by atoms with van der Waals surface area (Å²) in [7, 11) is -2.97. The predicted molar refractivity (Wildman–Crippen MR) is 77.1 cm³/mol. The minimum atomic E-state index is -2.97. The van der Waals surface area contributed by atoms with E-state index in [1.54, 1.807) is 0 Å². The van der Waals surface area contributed by atoms with Crippen molar-refractivity contribution in [1.82, 2.24) is 10.2 Å². The Labute approximate surface area is 121 Å². The lowest BCUT2D eigenvalue weighted by molar-refractivity contribution is -0.136. The van der Waals surface area contributed by atoms with E-state index in [9.17, 15) is 13.2 Å². The minimum absolute atomic E-state index is 0.0642. The predicted octanol–water partition coefficient (Wildman–Crippen LogP) is 0.412. The van der Waals surface area contributed by atoms with Crippen molar-refractivity contribution < 1.29 is 13.2 Å². The van der Waals surface area contributed by atoms with Crippen LogP contribution in [0.1, 0.15) is 32.1 Å².